The number of sulfone groups is 1. The zero-order chi connectivity index (χ0) is 21.7. The molecule has 0 aliphatic rings. The van der Waals surface area contributed by atoms with Gasteiger partial charge in [0.05, 0.1) is 17.6 Å². The van der Waals surface area contributed by atoms with Gasteiger partial charge in [0, 0.05) is 6.08 Å². The largest absolute Gasteiger partial charge is 0.462 e. The molecule has 0 aliphatic carbocycles. The van der Waals surface area contributed by atoms with E-state index in [1.807, 2.05) is 12.1 Å². The molecule has 0 saturated carbocycles. The van der Waals surface area contributed by atoms with Crippen LogP contribution < -0.4 is 0 Å². The lowest BCUT2D eigenvalue weighted by atomic mass is 10.0. The lowest BCUT2D eigenvalue weighted by Crippen LogP contribution is -2.17. The molecule has 0 amide bonds. The normalized spacial score (nSPS) is 13.1. The van der Waals surface area contributed by atoms with Crippen molar-refractivity contribution in [1.29, 1.82) is 0 Å². The van der Waals surface area contributed by atoms with E-state index in [0.29, 0.717) is 18.3 Å². The molecule has 0 aliphatic heterocycles. The van der Waals surface area contributed by atoms with E-state index in [9.17, 15) is 13.2 Å². The Labute approximate surface area is 177 Å². The van der Waals surface area contributed by atoms with Gasteiger partial charge in [-0.25, -0.2) is 13.2 Å². The quantitative estimate of drug-likeness (QED) is 0.222. The van der Waals surface area contributed by atoms with Crippen LogP contribution in [0.25, 0.3) is 6.08 Å². The summed E-state index contributed by atoms with van der Waals surface area (Å²) < 4.78 is 28.7. The average molecular weight is 423 g/mol. The minimum atomic E-state index is -2.89. The fraction of sp³-hybridized carbons (Fsp3) is 0.625. The molecule has 0 bridgehead atoms. The summed E-state index contributed by atoms with van der Waals surface area (Å²) in [6.07, 6.45) is 10.3. The Balaban J connectivity index is 2.23. The summed E-state index contributed by atoms with van der Waals surface area (Å²) >= 11 is 0. The van der Waals surface area contributed by atoms with Gasteiger partial charge >= 0.3 is 5.97 Å². The van der Waals surface area contributed by atoms with Crippen molar-refractivity contribution in [2.24, 2.45) is 5.92 Å². The van der Waals surface area contributed by atoms with Crippen LogP contribution >= 0.6 is 0 Å². The summed E-state index contributed by atoms with van der Waals surface area (Å²) in [5.41, 5.74) is 2.27. The second-order valence-corrected chi connectivity index (χ2v) is 10.8. The van der Waals surface area contributed by atoms with Crippen LogP contribution in [0.2, 0.25) is 0 Å². The third-order valence-electron chi connectivity index (χ3n) is 5.21. The lowest BCUT2D eigenvalue weighted by molar-refractivity contribution is -0.138. The van der Waals surface area contributed by atoms with E-state index in [0.717, 1.165) is 50.5 Å². The summed E-state index contributed by atoms with van der Waals surface area (Å²) in [7, 11) is -2.89. The smallest absolute Gasteiger partial charge is 0.330 e. The van der Waals surface area contributed by atoms with Crippen molar-refractivity contribution >= 4 is 21.9 Å². The molecule has 0 heterocycles. The van der Waals surface area contributed by atoms with E-state index in [1.54, 1.807) is 19.9 Å². The summed E-state index contributed by atoms with van der Waals surface area (Å²) in [5.74, 6) is 0.403. The highest BCUT2D eigenvalue weighted by molar-refractivity contribution is 7.91. The second kappa shape index (κ2) is 13.6. The molecule has 1 aromatic rings. The molecule has 1 rings (SSSR count). The predicted octanol–water partition coefficient (Wildman–Crippen LogP) is 5.61. The predicted molar refractivity (Wildman–Crippen MR) is 122 cm³/mol. The van der Waals surface area contributed by atoms with Crippen molar-refractivity contribution in [3.05, 3.63) is 41.5 Å². The zero-order valence-corrected chi connectivity index (χ0v) is 19.3. The Kier molecular flexibility index (Phi) is 11.9. The van der Waals surface area contributed by atoms with Crippen LogP contribution in [-0.2, 0) is 25.8 Å². The number of aryl methyl sites for hydroxylation is 1. The first-order chi connectivity index (χ1) is 13.7. The topological polar surface area (TPSA) is 60.4 Å². The Morgan fingerprint density at radius 2 is 1.62 bits per heavy atom. The molecule has 4 nitrogen and oxygen atoms in total. The van der Waals surface area contributed by atoms with Gasteiger partial charge in [-0.05, 0) is 56.2 Å². The van der Waals surface area contributed by atoms with Crippen molar-refractivity contribution in [1.82, 2.24) is 0 Å². The molecule has 5 heteroatoms. The second-order valence-electron chi connectivity index (χ2n) is 8.15. The van der Waals surface area contributed by atoms with Gasteiger partial charge in [-0.2, -0.15) is 0 Å². The number of hydrogen-bond acceptors (Lipinski definition) is 4. The highest BCUT2D eigenvalue weighted by Gasteiger charge is 2.14. The van der Waals surface area contributed by atoms with Crippen molar-refractivity contribution in [2.75, 3.05) is 12.4 Å². The lowest BCUT2D eigenvalue weighted by Gasteiger charge is -2.07. The average Bonchev–Trinajstić information content (AvgIpc) is 2.70. The van der Waals surface area contributed by atoms with E-state index in [2.05, 4.69) is 26.0 Å². The Bertz CT molecular complexity index is 718. The number of hydrogen-bond donors (Lipinski definition) is 0. The molecule has 1 unspecified atom stereocenters. The highest BCUT2D eigenvalue weighted by atomic mass is 32.2. The number of carbonyl (C=O) groups excluding carboxylic acids is 1. The maximum atomic E-state index is 11.8. The molecule has 29 heavy (non-hydrogen) atoms. The molecule has 0 N–H and O–H groups in total. The summed E-state index contributed by atoms with van der Waals surface area (Å²) in [6, 6.07) is 8.23. The third-order valence-corrected chi connectivity index (χ3v) is 7.51. The van der Waals surface area contributed by atoms with Gasteiger partial charge in [-0.15, -0.1) is 0 Å². The number of esters is 1. The molecular formula is C24H38O4S. The first kappa shape index (κ1) is 25.4. The fourth-order valence-corrected chi connectivity index (χ4v) is 3.83. The maximum Gasteiger partial charge on any atom is 0.330 e. The SMILES string of the molecule is CCC(C)COC(=O)/C=C/c1ccc(CCCCCCCS(=O)(=O)C(C)C)cc1. The molecule has 0 spiro atoms. The van der Waals surface area contributed by atoms with Crippen LogP contribution in [0.4, 0.5) is 0 Å². The fourth-order valence-electron chi connectivity index (χ4n) is 2.75. The Morgan fingerprint density at radius 3 is 2.24 bits per heavy atom. The number of unbranched alkanes of at least 4 members (excludes halogenated alkanes) is 4. The number of carbonyl (C=O) groups is 1. The first-order valence-electron chi connectivity index (χ1n) is 10.9. The van der Waals surface area contributed by atoms with Gasteiger partial charge in [-0.3, -0.25) is 0 Å². The summed E-state index contributed by atoms with van der Waals surface area (Å²) in [4.78, 5) is 11.7. The van der Waals surface area contributed by atoms with Gasteiger partial charge < -0.3 is 4.74 Å². The maximum absolute atomic E-state index is 11.8. The standard InChI is InChI=1S/C24H38O4S/c1-5-21(4)19-28-24(25)17-16-23-14-12-22(13-15-23)11-9-7-6-8-10-18-29(26,27)20(2)3/h12-17,20-21H,5-11,18-19H2,1-4H3/b17-16+. The van der Waals surface area contributed by atoms with Crippen LogP contribution in [0.1, 0.15) is 77.3 Å². The van der Waals surface area contributed by atoms with Gasteiger partial charge in [0.1, 0.15) is 0 Å². The van der Waals surface area contributed by atoms with Crippen molar-refractivity contribution < 1.29 is 17.9 Å². The molecule has 164 valence electrons. The number of rotatable bonds is 14. The van der Waals surface area contributed by atoms with E-state index in [-0.39, 0.29) is 11.2 Å². The van der Waals surface area contributed by atoms with Crippen LogP contribution in [0.3, 0.4) is 0 Å². The van der Waals surface area contributed by atoms with E-state index < -0.39 is 9.84 Å². The summed E-state index contributed by atoms with van der Waals surface area (Å²) in [5, 5.41) is -0.268. The van der Waals surface area contributed by atoms with Crippen molar-refractivity contribution in [3.63, 3.8) is 0 Å². The van der Waals surface area contributed by atoms with Gasteiger partial charge in [-0.1, -0.05) is 63.8 Å². The zero-order valence-electron chi connectivity index (χ0n) is 18.5. The molecular weight excluding hydrogens is 384 g/mol. The van der Waals surface area contributed by atoms with E-state index >= 15 is 0 Å². The van der Waals surface area contributed by atoms with Gasteiger partial charge in [0.15, 0.2) is 9.84 Å². The molecule has 0 aromatic heterocycles. The van der Waals surface area contributed by atoms with Crippen molar-refractivity contribution in [3.8, 4) is 0 Å². The molecule has 1 aromatic carbocycles. The molecule has 0 radical (unpaired) electrons. The molecule has 1 atom stereocenters. The van der Waals surface area contributed by atoms with E-state index in [1.165, 1.54) is 11.6 Å². The van der Waals surface area contributed by atoms with Crippen LogP contribution in [-0.4, -0.2) is 32.0 Å². The van der Waals surface area contributed by atoms with Crippen molar-refractivity contribution in [2.45, 2.75) is 77.9 Å². The van der Waals surface area contributed by atoms with Gasteiger partial charge in [0.2, 0.25) is 0 Å². The molecule has 0 fully saturated rings. The van der Waals surface area contributed by atoms with Crippen LogP contribution in [0.15, 0.2) is 30.3 Å². The minimum Gasteiger partial charge on any atom is -0.462 e. The monoisotopic (exact) mass is 422 g/mol. The summed E-state index contributed by atoms with van der Waals surface area (Å²) in [6.45, 7) is 8.10. The van der Waals surface area contributed by atoms with Gasteiger partial charge in [0.25, 0.3) is 0 Å². The Morgan fingerprint density at radius 1 is 1.00 bits per heavy atom. The number of ether oxygens (including phenoxy) is 1. The Hall–Kier alpha value is -1.62. The van der Waals surface area contributed by atoms with Crippen LogP contribution in [0.5, 0.6) is 0 Å². The van der Waals surface area contributed by atoms with Crippen LogP contribution in [0, 0.1) is 5.92 Å². The third kappa shape index (κ3) is 11.2. The highest BCUT2D eigenvalue weighted by Crippen LogP contribution is 2.13. The first-order valence-corrected chi connectivity index (χ1v) is 12.6. The van der Waals surface area contributed by atoms with E-state index in [4.69, 9.17) is 4.74 Å². The minimum absolute atomic E-state index is 0.268. The molecule has 0 saturated heterocycles. The number of benzene rings is 1.